The number of hydrogen-bond donors (Lipinski definition) is 2. The number of imide groups is 1. The highest BCUT2D eigenvalue weighted by atomic mass is 79.9. The summed E-state index contributed by atoms with van der Waals surface area (Å²) in [5.74, 6) is -0.321. The van der Waals surface area contributed by atoms with E-state index in [0.717, 1.165) is 21.4 Å². The summed E-state index contributed by atoms with van der Waals surface area (Å²) in [7, 11) is 0. The minimum atomic E-state index is -0.935. The van der Waals surface area contributed by atoms with Crippen LogP contribution in [0.4, 0.5) is 10.5 Å². The highest BCUT2D eigenvalue weighted by Gasteiger charge is 2.47. The number of rotatable bonds is 6. The number of halogens is 1. The number of nitrogens with zero attached hydrogens (tertiary/aromatic N) is 1. The first kappa shape index (κ1) is 19.4. The molecule has 1 fully saturated rings. The molecule has 136 valence electrons. The zero-order chi connectivity index (χ0) is 18.8. The fraction of sp³-hybridized carbons (Fsp3) is 0.500. The minimum Gasteiger partial charge on any atom is -0.325 e. The van der Waals surface area contributed by atoms with Gasteiger partial charge in [-0.3, -0.25) is 14.5 Å². The molecule has 0 aliphatic carbocycles. The van der Waals surface area contributed by atoms with E-state index in [1.54, 1.807) is 13.0 Å². The molecule has 4 amide bonds. The third-order valence-corrected chi connectivity index (χ3v) is 5.20. The monoisotopic (exact) mass is 409 g/mol. The molecule has 7 heteroatoms. The first-order chi connectivity index (χ1) is 11.6. The van der Waals surface area contributed by atoms with E-state index in [1.807, 2.05) is 19.1 Å². The van der Waals surface area contributed by atoms with Crippen LogP contribution in [0.5, 0.6) is 0 Å². The Morgan fingerprint density at radius 2 is 2.04 bits per heavy atom. The van der Waals surface area contributed by atoms with Crippen molar-refractivity contribution in [3.63, 3.8) is 0 Å². The Morgan fingerprint density at radius 3 is 2.64 bits per heavy atom. The molecule has 1 heterocycles. The first-order valence-electron chi connectivity index (χ1n) is 8.32. The molecule has 1 atom stereocenters. The Bertz CT molecular complexity index is 705. The van der Waals surface area contributed by atoms with Crippen LogP contribution in [-0.4, -0.2) is 34.8 Å². The molecule has 1 aromatic carbocycles. The summed E-state index contributed by atoms with van der Waals surface area (Å²) >= 11 is 3.40. The zero-order valence-electron chi connectivity index (χ0n) is 15.0. The second kappa shape index (κ2) is 7.56. The Morgan fingerprint density at radius 1 is 1.36 bits per heavy atom. The molecule has 1 aromatic rings. The summed E-state index contributed by atoms with van der Waals surface area (Å²) < 4.78 is 0.945. The molecular formula is C18H24BrN3O3. The van der Waals surface area contributed by atoms with E-state index in [9.17, 15) is 14.4 Å². The second-order valence-electron chi connectivity index (χ2n) is 7.10. The molecule has 1 aliphatic rings. The van der Waals surface area contributed by atoms with Crippen molar-refractivity contribution in [3.8, 4) is 0 Å². The van der Waals surface area contributed by atoms with Crippen LogP contribution in [0, 0.1) is 12.8 Å². The van der Waals surface area contributed by atoms with Crippen LogP contribution in [0.25, 0.3) is 0 Å². The van der Waals surface area contributed by atoms with Gasteiger partial charge in [0.1, 0.15) is 12.1 Å². The van der Waals surface area contributed by atoms with Gasteiger partial charge in [0, 0.05) is 10.2 Å². The lowest BCUT2D eigenvalue weighted by atomic mass is 9.92. The summed E-state index contributed by atoms with van der Waals surface area (Å²) in [4.78, 5) is 38.0. The van der Waals surface area contributed by atoms with Crippen molar-refractivity contribution in [1.29, 1.82) is 0 Å². The van der Waals surface area contributed by atoms with Gasteiger partial charge in [0.2, 0.25) is 5.91 Å². The predicted molar refractivity (Wildman–Crippen MR) is 100 cm³/mol. The average Bonchev–Trinajstić information content (AvgIpc) is 2.73. The van der Waals surface area contributed by atoms with Gasteiger partial charge in [-0.15, -0.1) is 0 Å². The first-order valence-corrected chi connectivity index (χ1v) is 9.12. The fourth-order valence-electron chi connectivity index (χ4n) is 2.70. The third-order valence-electron chi connectivity index (χ3n) is 4.31. The summed E-state index contributed by atoms with van der Waals surface area (Å²) in [6.07, 6.45) is 1.37. The number of carbonyl (C=O) groups excluding carboxylic acids is 3. The van der Waals surface area contributed by atoms with Crippen molar-refractivity contribution in [3.05, 3.63) is 28.2 Å². The molecule has 0 radical (unpaired) electrons. The van der Waals surface area contributed by atoms with Crippen molar-refractivity contribution >= 4 is 39.5 Å². The number of urea groups is 1. The van der Waals surface area contributed by atoms with Gasteiger partial charge >= 0.3 is 6.03 Å². The lowest BCUT2D eigenvalue weighted by Gasteiger charge is -2.22. The maximum atomic E-state index is 12.6. The van der Waals surface area contributed by atoms with E-state index >= 15 is 0 Å². The summed E-state index contributed by atoms with van der Waals surface area (Å²) in [5, 5.41) is 5.44. The van der Waals surface area contributed by atoms with Crippen LogP contribution in [0.3, 0.4) is 0 Å². The quantitative estimate of drug-likeness (QED) is 0.706. The Hall–Kier alpha value is -1.89. The summed E-state index contributed by atoms with van der Waals surface area (Å²) in [5.41, 5.74) is 0.671. The standard InChI is InChI=1S/C18H24BrN3O3/c1-11(2)7-8-18(4)16(24)22(17(25)21-18)10-15(23)20-13-5-6-14(19)12(3)9-13/h5-6,9,11H,7-8,10H2,1-4H3,(H,20,23)(H,21,25). The fourth-order valence-corrected chi connectivity index (χ4v) is 2.95. The lowest BCUT2D eigenvalue weighted by Crippen LogP contribution is -2.44. The van der Waals surface area contributed by atoms with Gasteiger partial charge in [-0.1, -0.05) is 29.8 Å². The molecule has 2 rings (SSSR count). The van der Waals surface area contributed by atoms with Crippen LogP contribution < -0.4 is 10.6 Å². The van der Waals surface area contributed by atoms with Crippen LogP contribution >= 0.6 is 15.9 Å². The number of benzene rings is 1. The molecule has 2 N–H and O–H groups in total. The van der Waals surface area contributed by atoms with Gasteiger partial charge in [-0.2, -0.15) is 0 Å². The molecule has 0 aromatic heterocycles. The molecular weight excluding hydrogens is 386 g/mol. The molecule has 1 aliphatic heterocycles. The number of carbonyl (C=O) groups is 3. The molecule has 0 bridgehead atoms. The Balaban J connectivity index is 2.01. The topological polar surface area (TPSA) is 78.5 Å². The molecule has 25 heavy (non-hydrogen) atoms. The SMILES string of the molecule is Cc1cc(NC(=O)CN2C(=O)NC(C)(CCC(C)C)C2=O)ccc1Br. The van der Waals surface area contributed by atoms with Crippen LogP contribution in [0.15, 0.2) is 22.7 Å². The predicted octanol–water partition coefficient (Wildman–Crippen LogP) is 3.44. The molecule has 1 unspecified atom stereocenters. The largest absolute Gasteiger partial charge is 0.325 e. The van der Waals surface area contributed by atoms with E-state index in [-0.39, 0.29) is 12.5 Å². The third kappa shape index (κ3) is 4.60. The summed E-state index contributed by atoms with van der Waals surface area (Å²) in [6.45, 7) is 7.46. The smallest absolute Gasteiger partial charge is 0.325 e. The lowest BCUT2D eigenvalue weighted by molar-refractivity contribution is -0.133. The van der Waals surface area contributed by atoms with E-state index < -0.39 is 17.5 Å². The number of hydrogen-bond acceptors (Lipinski definition) is 3. The van der Waals surface area contributed by atoms with Crippen molar-refractivity contribution in [1.82, 2.24) is 10.2 Å². The average molecular weight is 410 g/mol. The Kier molecular flexibility index (Phi) is 5.87. The van der Waals surface area contributed by atoms with Crippen LogP contribution in [0.1, 0.15) is 39.2 Å². The normalized spacial score (nSPS) is 20.2. The Labute approximate surface area is 156 Å². The zero-order valence-corrected chi connectivity index (χ0v) is 16.6. The molecule has 0 saturated carbocycles. The molecule has 1 saturated heterocycles. The molecule has 0 spiro atoms. The van der Waals surface area contributed by atoms with E-state index in [2.05, 4.69) is 40.4 Å². The highest BCUT2D eigenvalue weighted by Crippen LogP contribution is 2.25. The van der Waals surface area contributed by atoms with Crippen molar-refractivity contribution < 1.29 is 14.4 Å². The van der Waals surface area contributed by atoms with E-state index in [1.165, 1.54) is 0 Å². The number of aryl methyl sites for hydroxylation is 1. The number of amides is 4. The second-order valence-corrected chi connectivity index (χ2v) is 7.95. The number of anilines is 1. The maximum absolute atomic E-state index is 12.6. The van der Waals surface area contributed by atoms with Gasteiger partial charge in [0.15, 0.2) is 0 Å². The van der Waals surface area contributed by atoms with Crippen LogP contribution in [0.2, 0.25) is 0 Å². The van der Waals surface area contributed by atoms with Crippen molar-refractivity contribution in [2.24, 2.45) is 5.92 Å². The van der Waals surface area contributed by atoms with Gasteiger partial charge in [0.25, 0.3) is 5.91 Å². The van der Waals surface area contributed by atoms with Crippen molar-refractivity contribution in [2.75, 3.05) is 11.9 Å². The van der Waals surface area contributed by atoms with Crippen LogP contribution in [-0.2, 0) is 9.59 Å². The van der Waals surface area contributed by atoms with Crippen molar-refractivity contribution in [2.45, 2.75) is 46.1 Å². The highest BCUT2D eigenvalue weighted by molar-refractivity contribution is 9.10. The summed E-state index contributed by atoms with van der Waals surface area (Å²) in [6, 6.07) is 4.90. The van der Waals surface area contributed by atoms with Gasteiger partial charge < -0.3 is 10.6 Å². The minimum absolute atomic E-state index is 0.295. The van der Waals surface area contributed by atoms with E-state index in [4.69, 9.17) is 0 Å². The van der Waals surface area contributed by atoms with Gasteiger partial charge in [-0.05, 0) is 56.4 Å². The van der Waals surface area contributed by atoms with E-state index in [0.29, 0.717) is 18.0 Å². The van der Waals surface area contributed by atoms with Gasteiger partial charge in [0.05, 0.1) is 0 Å². The maximum Gasteiger partial charge on any atom is 0.325 e. The molecule has 6 nitrogen and oxygen atoms in total. The van der Waals surface area contributed by atoms with Gasteiger partial charge in [-0.25, -0.2) is 4.79 Å². The number of nitrogens with one attached hydrogen (secondary N) is 2.